The smallest absolute Gasteiger partial charge is 0.261 e. The molecule has 0 fully saturated rings. The molecule has 0 radical (unpaired) electrons. The summed E-state index contributed by atoms with van der Waals surface area (Å²) < 4.78 is 23.1. The van der Waals surface area contributed by atoms with E-state index in [-0.39, 0.29) is 5.56 Å². The van der Waals surface area contributed by atoms with E-state index >= 15 is 0 Å². The average molecular weight is 385 g/mol. The molecular weight excluding hydrogens is 362 g/mol. The molecule has 3 aromatic rings. The molecule has 2 heterocycles. The number of fused-ring (bicyclic) bond motifs is 1. The maximum absolute atomic E-state index is 12.9. The van der Waals surface area contributed by atoms with E-state index in [1.807, 2.05) is 6.07 Å². The van der Waals surface area contributed by atoms with Gasteiger partial charge in [0.25, 0.3) is 5.56 Å². The molecule has 0 aliphatic rings. The van der Waals surface area contributed by atoms with Gasteiger partial charge in [-0.15, -0.1) is 0 Å². The number of hydrogen-bond acceptors (Lipinski definition) is 7. The highest BCUT2D eigenvalue weighted by Crippen LogP contribution is 2.31. The standard InChI is InChI=1S/C20H23N3O5/c1-23-19(14-5-4-6-21-13-14)22-16-12-18(28-10-8-26-3)17(27-9-7-25-2)11-15(16)20(23)24/h4-6,11-13H,7-10H2,1-3H3. The minimum Gasteiger partial charge on any atom is -0.487 e. The molecule has 28 heavy (non-hydrogen) atoms. The molecule has 2 aromatic heterocycles. The minimum absolute atomic E-state index is 0.177. The topological polar surface area (TPSA) is 84.7 Å². The Morgan fingerprint density at radius 3 is 2.29 bits per heavy atom. The van der Waals surface area contributed by atoms with Gasteiger partial charge in [-0.1, -0.05) is 0 Å². The largest absolute Gasteiger partial charge is 0.487 e. The van der Waals surface area contributed by atoms with Crippen molar-refractivity contribution in [2.24, 2.45) is 7.05 Å². The van der Waals surface area contributed by atoms with Gasteiger partial charge in [-0.3, -0.25) is 14.3 Å². The van der Waals surface area contributed by atoms with Crippen LogP contribution < -0.4 is 15.0 Å². The summed E-state index contributed by atoms with van der Waals surface area (Å²) in [6.45, 7) is 1.54. The van der Waals surface area contributed by atoms with E-state index < -0.39 is 0 Å². The highest BCUT2D eigenvalue weighted by atomic mass is 16.5. The van der Waals surface area contributed by atoms with Crippen molar-refractivity contribution in [2.75, 3.05) is 40.6 Å². The SMILES string of the molecule is COCCOc1cc2nc(-c3cccnc3)n(C)c(=O)c2cc1OCCOC. The molecule has 0 unspecified atom stereocenters. The lowest BCUT2D eigenvalue weighted by atomic mass is 10.2. The first-order chi connectivity index (χ1) is 13.7. The lowest BCUT2D eigenvalue weighted by Crippen LogP contribution is -2.20. The van der Waals surface area contributed by atoms with Gasteiger partial charge in [0.15, 0.2) is 11.5 Å². The predicted octanol–water partition coefficient (Wildman–Crippen LogP) is 2.05. The Morgan fingerprint density at radius 2 is 1.68 bits per heavy atom. The van der Waals surface area contributed by atoms with Gasteiger partial charge in [0.1, 0.15) is 19.0 Å². The van der Waals surface area contributed by atoms with Gasteiger partial charge in [0.05, 0.1) is 24.1 Å². The highest BCUT2D eigenvalue weighted by Gasteiger charge is 2.15. The third-order valence-corrected chi connectivity index (χ3v) is 4.15. The second-order valence-corrected chi connectivity index (χ2v) is 6.04. The summed E-state index contributed by atoms with van der Waals surface area (Å²) in [5.74, 6) is 1.49. The average Bonchev–Trinajstić information content (AvgIpc) is 2.72. The highest BCUT2D eigenvalue weighted by molar-refractivity contribution is 5.83. The van der Waals surface area contributed by atoms with E-state index in [1.165, 1.54) is 4.57 Å². The maximum atomic E-state index is 12.9. The Labute approximate surface area is 162 Å². The van der Waals surface area contributed by atoms with E-state index in [0.29, 0.717) is 54.7 Å². The molecule has 8 heteroatoms. The zero-order valence-corrected chi connectivity index (χ0v) is 16.2. The van der Waals surface area contributed by atoms with Gasteiger partial charge in [-0.25, -0.2) is 4.98 Å². The van der Waals surface area contributed by atoms with Gasteiger partial charge in [-0.05, 0) is 18.2 Å². The number of aromatic nitrogens is 3. The number of benzene rings is 1. The lowest BCUT2D eigenvalue weighted by Gasteiger charge is -2.15. The van der Waals surface area contributed by atoms with Crippen LogP contribution in [-0.2, 0) is 16.5 Å². The van der Waals surface area contributed by atoms with Gasteiger partial charge in [0, 0.05) is 45.3 Å². The van der Waals surface area contributed by atoms with Crippen LogP contribution in [0.2, 0.25) is 0 Å². The quantitative estimate of drug-likeness (QED) is 0.521. The van der Waals surface area contributed by atoms with Crippen LogP contribution in [0.25, 0.3) is 22.3 Å². The van der Waals surface area contributed by atoms with Gasteiger partial charge in [0.2, 0.25) is 0 Å². The minimum atomic E-state index is -0.177. The van der Waals surface area contributed by atoms with Crippen molar-refractivity contribution < 1.29 is 18.9 Å². The summed E-state index contributed by atoms with van der Waals surface area (Å²) >= 11 is 0. The summed E-state index contributed by atoms with van der Waals surface area (Å²) in [4.78, 5) is 21.7. The Kier molecular flexibility index (Phi) is 6.57. The Hall–Kier alpha value is -2.97. The van der Waals surface area contributed by atoms with Crippen molar-refractivity contribution in [3.8, 4) is 22.9 Å². The lowest BCUT2D eigenvalue weighted by molar-refractivity contribution is 0.132. The summed E-state index contributed by atoms with van der Waals surface area (Å²) in [7, 11) is 4.89. The van der Waals surface area contributed by atoms with Crippen molar-refractivity contribution in [3.05, 3.63) is 47.0 Å². The van der Waals surface area contributed by atoms with Gasteiger partial charge in [-0.2, -0.15) is 0 Å². The zero-order chi connectivity index (χ0) is 19.9. The van der Waals surface area contributed by atoms with Crippen molar-refractivity contribution in [3.63, 3.8) is 0 Å². The van der Waals surface area contributed by atoms with E-state index in [4.69, 9.17) is 18.9 Å². The summed E-state index contributed by atoms with van der Waals surface area (Å²) in [6.07, 6.45) is 3.35. The molecule has 0 aliphatic carbocycles. The van der Waals surface area contributed by atoms with Crippen LogP contribution in [0.3, 0.4) is 0 Å². The molecule has 0 bridgehead atoms. The fourth-order valence-corrected chi connectivity index (χ4v) is 2.73. The molecule has 3 rings (SSSR count). The first-order valence-electron chi connectivity index (χ1n) is 8.84. The molecule has 0 amide bonds. The molecule has 0 saturated heterocycles. The molecule has 0 saturated carbocycles. The molecular formula is C20H23N3O5. The normalized spacial score (nSPS) is 11.0. The Morgan fingerprint density at radius 1 is 1.00 bits per heavy atom. The van der Waals surface area contributed by atoms with Crippen LogP contribution in [0.15, 0.2) is 41.5 Å². The van der Waals surface area contributed by atoms with E-state index in [1.54, 1.807) is 51.9 Å². The monoisotopic (exact) mass is 385 g/mol. The van der Waals surface area contributed by atoms with E-state index in [0.717, 1.165) is 5.56 Å². The van der Waals surface area contributed by atoms with Crippen LogP contribution >= 0.6 is 0 Å². The number of ether oxygens (including phenoxy) is 4. The number of nitrogens with zero attached hydrogens (tertiary/aromatic N) is 3. The van der Waals surface area contributed by atoms with Gasteiger partial charge < -0.3 is 18.9 Å². The summed E-state index contributed by atoms with van der Waals surface area (Å²) in [5, 5.41) is 0.446. The number of pyridine rings is 1. The Balaban J connectivity index is 2.09. The second-order valence-electron chi connectivity index (χ2n) is 6.04. The van der Waals surface area contributed by atoms with Crippen LogP contribution in [0.1, 0.15) is 0 Å². The maximum Gasteiger partial charge on any atom is 0.261 e. The van der Waals surface area contributed by atoms with Crippen LogP contribution in [0.5, 0.6) is 11.5 Å². The van der Waals surface area contributed by atoms with Crippen molar-refractivity contribution >= 4 is 10.9 Å². The molecule has 1 aromatic carbocycles. The third-order valence-electron chi connectivity index (χ3n) is 4.15. The van der Waals surface area contributed by atoms with Crippen molar-refractivity contribution in [1.82, 2.24) is 14.5 Å². The fraction of sp³-hybridized carbons (Fsp3) is 0.350. The molecule has 0 spiro atoms. The first-order valence-corrected chi connectivity index (χ1v) is 8.84. The molecule has 0 atom stereocenters. The fourth-order valence-electron chi connectivity index (χ4n) is 2.73. The summed E-state index contributed by atoms with van der Waals surface area (Å²) in [6, 6.07) is 7.04. The first kappa shape index (κ1) is 19.8. The number of rotatable bonds is 9. The molecule has 148 valence electrons. The number of methoxy groups -OCH3 is 2. The van der Waals surface area contributed by atoms with Crippen LogP contribution in [0, 0.1) is 0 Å². The summed E-state index contributed by atoms with van der Waals surface area (Å²) in [5.41, 5.74) is 1.10. The predicted molar refractivity (Wildman–Crippen MR) is 105 cm³/mol. The van der Waals surface area contributed by atoms with E-state index in [9.17, 15) is 4.79 Å². The van der Waals surface area contributed by atoms with Crippen LogP contribution in [-0.4, -0.2) is 55.2 Å². The van der Waals surface area contributed by atoms with Crippen LogP contribution in [0.4, 0.5) is 0 Å². The third kappa shape index (κ3) is 4.29. The number of hydrogen-bond donors (Lipinski definition) is 0. The van der Waals surface area contributed by atoms with Crippen molar-refractivity contribution in [2.45, 2.75) is 0 Å². The molecule has 0 aliphatic heterocycles. The second kappa shape index (κ2) is 9.29. The van der Waals surface area contributed by atoms with Gasteiger partial charge >= 0.3 is 0 Å². The Bertz CT molecular complexity index is 989. The van der Waals surface area contributed by atoms with E-state index in [2.05, 4.69) is 9.97 Å². The van der Waals surface area contributed by atoms with Crippen molar-refractivity contribution in [1.29, 1.82) is 0 Å². The zero-order valence-electron chi connectivity index (χ0n) is 16.2. The molecule has 0 N–H and O–H groups in total. The molecule has 8 nitrogen and oxygen atoms in total.